The van der Waals surface area contributed by atoms with Gasteiger partial charge >= 0.3 is 0 Å². The highest BCUT2D eigenvalue weighted by Gasteiger charge is 2.20. The van der Waals surface area contributed by atoms with Gasteiger partial charge in [0.05, 0.1) is 23.0 Å². The minimum absolute atomic E-state index is 0.235. The van der Waals surface area contributed by atoms with Crippen LogP contribution in [-0.4, -0.2) is 23.3 Å². The Bertz CT molecular complexity index is 878. The van der Waals surface area contributed by atoms with Crippen LogP contribution in [0.4, 0.5) is 5.69 Å². The number of fused-ring (bicyclic) bond motifs is 1. The number of rotatable bonds is 3. The number of hydrogen-bond acceptors (Lipinski definition) is 4. The van der Waals surface area contributed by atoms with Crippen molar-refractivity contribution in [3.8, 4) is 11.1 Å². The van der Waals surface area contributed by atoms with Gasteiger partial charge in [0, 0.05) is 22.2 Å². The molecule has 2 heterocycles. The Kier molecular flexibility index (Phi) is 4.16. The molecule has 3 rings (SSSR count). The lowest BCUT2D eigenvalue weighted by Crippen LogP contribution is -2.18. The van der Waals surface area contributed by atoms with E-state index in [1.165, 1.54) is 0 Å². The summed E-state index contributed by atoms with van der Waals surface area (Å²) in [6.07, 6.45) is 3.45. The quantitative estimate of drug-likeness (QED) is 0.406. The van der Waals surface area contributed by atoms with Gasteiger partial charge < -0.3 is 0 Å². The van der Waals surface area contributed by atoms with Crippen molar-refractivity contribution in [2.75, 3.05) is 17.6 Å². The number of hydrogen-bond donors (Lipinski definition) is 0. The zero-order valence-corrected chi connectivity index (χ0v) is 14.8. The van der Waals surface area contributed by atoms with Gasteiger partial charge in [0.2, 0.25) is 5.28 Å². The van der Waals surface area contributed by atoms with Gasteiger partial charge in [-0.2, -0.15) is 4.31 Å². The minimum Gasteiger partial charge on any atom is -0.225 e. The van der Waals surface area contributed by atoms with Gasteiger partial charge in [-0.05, 0) is 24.6 Å². The molecule has 0 saturated heterocycles. The first-order valence-electron chi connectivity index (χ1n) is 6.64. The summed E-state index contributed by atoms with van der Waals surface area (Å²) in [7, 11) is 0.375. The van der Waals surface area contributed by atoms with Crippen LogP contribution < -0.4 is 4.31 Å². The first kappa shape index (κ1) is 15.4. The molecule has 7 heteroatoms. The maximum Gasteiger partial charge on any atom is 0.222 e. The molecule has 0 aliphatic rings. The molecule has 3 aromatic rings. The smallest absolute Gasteiger partial charge is 0.222 e. The third-order valence-electron chi connectivity index (χ3n) is 3.52. The second kappa shape index (κ2) is 5.95. The lowest BCUT2D eigenvalue weighted by Gasteiger charge is -2.15. The lowest BCUT2D eigenvalue weighted by atomic mass is 10.0. The molecule has 1 atom stereocenters. The SMILES string of the molecule is Cc1sc2cnc(Cl)nc2c1-c1ccccc1N(C)[SH+](C)=O. The van der Waals surface area contributed by atoms with Crippen molar-refractivity contribution in [2.24, 2.45) is 0 Å². The van der Waals surface area contributed by atoms with E-state index in [1.54, 1.807) is 28.1 Å². The fourth-order valence-corrected chi connectivity index (χ4v) is 4.02. The number of thiophene rings is 1. The van der Waals surface area contributed by atoms with E-state index in [2.05, 4.69) is 16.9 Å². The average molecular weight is 353 g/mol. The summed E-state index contributed by atoms with van der Waals surface area (Å²) in [5.41, 5.74) is 3.80. The Morgan fingerprint density at radius 2 is 2.05 bits per heavy atom. The molecule has 0 aliphatic heterocycles. The third-order valence-corrected chi connectivity index (χ3v) is 5.79. The van der Waals surface area contributed by atoms with Gasteiger partial charge in [-0.1, -0.05) is 22.4 Å². The maximum atomic E-state index is 11.9. The average Bonchev–Trinajstić information content (AvgIpc) is 2.81. The van der Waals surface area contributed by atoms with Crippen molar-refractivity contribution in [1.82, 2.24) is 9.97 Å². The molecule has 0 aliphatic carbocycles. The molecule has 22 heavy (non-hydrogen) atoms. The number of para-hydroxylation sites is 1. The van der Waals surface area contributed by atoms with Crippen LogP contribution in [0.2, 0.25) is 5.28 Å². The van der Waals surface area contributed by atoms with Gasteiger partial charge in [0.1, 0.15) is 6.26 Å². The summed E-state index contributed by atoms with van der Waals surface area (Å²) >= 11 is 7.60. The summed E-state index contributed by atoms with van der Waals surface area (Å²) < 4.78 is 14.7. The predicted molar refractivity (Wildman–Crippen MR) is 96.4 cm³/mol. The highest BCUT2D eigenvalue weighted by molar-refractivity contribution is 7.85. The van der Waals surface area contributed by atoms with E-state index < -0.39 is 11.0 Å². The molecular formula is C15H15ClN3OS2+. The lowest BCUT2D eigenvalue weighted by molar-refractivity contribution is 0.597. The van der Waals surface area contributed by atoms with Crippen LogP contribution in [0, 0.1) is 6.92 Å². The first-order valence-corrected chi connectivity index (χ1v) is 9.50. The Labute approximate surface area is 140 Å². The second-order valence-corrected chi connectivity index (χ2v) is 8.01. The molecule has 0 spiro atoms. The van der Waals surface area contributed by atoms with E-state index in [0.29, 0.717) is 0 Å². The Hall–Kier alpha value is -1.50. The molecular weight excluding hydrogens is 338 g/mol. The Morgan fingerprint density at radius 1 is 1.32 bits per heavy atom. The summed E-state index contributed by atoms with van der Waals surface area (Å²) in [4.78, 5) is 9.58. The van der Waals surface area contributed by atoms with E-state index in [0.717, 1.165) is 31.9 Å². The molecule has 0 radical (unpaired) electrons. The fraction of sp³-hybridized carbons (Fsp3) is 0.200. The van der Waals surface area contributed by atoms with Crippen LogP contribution in [0.1, 0.15) is 4.88 Å². The van der Waals surface area contributed by atoms with Crippen LogP contribution in [0.15, 0.2) is 30.5 Å². The molecule has 1 unspecified atom stereocenters. The van der Waals surface area contributed by atoms with Gasteiger partial charge in [-0.25, -0.2) is 9.97 Å². The van der Waals surface area contributed by atoms with Gasteiger partial charge in [0.25, 0.3) is 0 Å². The number of thiol groups is 1. The molecule has 2 aromatic heterocycles. The van der Waals surface area contributed by atoms with Gasteiger partial charge in [-0.3, -0.25) is 0 Å². The zero-order valence-electron chi connectivity index (χ0n) is 12.4. The molecule has 0 N–H and O–H groups in total. The van der Waals surface area contributed by atoms with E-state index >= 15 is 0 Å². The molecule has 1 aromatic carbocycles. The summed E-state index contributed by atoms with van der Waals surface area (Å²) in [5.74, 6) is 0. The Morgan fingerprint density at radius 3 is 2.77 bits per heavy atom. The van der Waals surface area contributed by atoms with Crippen LogP contribution in [-0.2, 0) is 15.2 Å². The van der Waals surface area contributed by atoms with Crippen molar-refractivity contribution < 1.29 is 4.21 Å². The summed E-state index contributed by atoms with van der Waals surface area (Å²) in [6.45, 7) is 2.05. The van der Waals surface area contributed by atoms with Crippen molar-refractivity contribution in [3.63, 3.8) is 0 Å². The minimum atomic E-state index is -1.46. The zero-order chi connectivity index (χ0) is 15.9. The highest BCUT2D eigenvalue weighted by Crippen LogP contribution is 2.41. The fourth-order valence-electron chi connectivity index (χ4n) is 2.42. The molecule has 4 nitrogen and oxygen atoms in total. The number of anilines is 1. The summed E-state index contributed by atoms with van der Waals surface area (Å²) in [6, 6.07) is 7.91. The predicted octanol–water partition coefficient (Wildman–Crippen LogP) is 4.00. The standard InChI is InChI=1S/C15H14ClN3OS2/c1-9-13(14-12(21-9)8-17-15(16)18-14)10-6-4-5-7-11(10)19(2)22(3)20/h4-8H,1-3H3/p+1. The number of benzene rings is 1. The summed E-state index contributed by atoms with van der Waals surface area (Å²) in [5, 5.41) is 0.235. The molecule has 0 saturated carbocycles. The van der Waals surface area contributed by atoms with Gasteiger partial charge in [-0.15, -0.1) is 11.3 Å². The number of halogens is 1. The molecule has 0 amide bonds. The second-order valence-electron chi connectivity index (χ2n) is 4.89. The molecule has 0 fully saturated rings. The van der Waals surface area contributed by atoms with Crippen LogP contribution in [0.3, 0.4) is 0 Å². The molecule has 114 valence electrons. The van der Waals surface area contributed by atoms with Crippen LogP contribution in [0.5, 0.6) is 0 Å². The maximum absolute atomic E-state index is 11.9. The van der Waals surface area contributed by atoms with E-state index in [9.17, 15) is 4.21 Å². The van der Waals surface area contributed by atoms with Crippen LogP contribution >= 0.6 is 22.9 Å². The largest absolute Gasteiger partial charge is 0.225 e. The Balaban J connectivity index is 2.31. The van der Waals surface area contributed by atoms with Crippen molar-refractivity contribution in [1.29, 1.82) is 0 Å². The third kappa shape index (κ3) is 2.62. The van der Waals surface area contributed by atoms with Crippen molar-refractivity contribution in [3.05, 3.63) is 40.6 Å². The number of aryl methyl sites for hydroxylation is 1. The van der Waals surface area contributed by atoms with Crippen LogP contribution in [0.25, 0.3) is 21.3 Å². The normalized spacial score (nSPS) is 12.5. The van der Waals surface area contributed by atoms with E-state index in [4.69, 9.17) is 11.6 Å². The topological polar surface area (TPSA) is 46.1 Å². The van der Waals surface area contributed by atoms with Crippen molar-refractivity contribution >= 4 is 49.8 Å². The number of aromatic nitrogens is 2. The molecule has 0 bridgehead atoms. The van der Waals surface area contributed by atoms with E-state index in [1.807, 2.05) is 31.3 Å². The van der Waals surface area contributed by atoms with Gasteiger partial charge in [0.15, 0.2) is 11.0 Å². The van der Waals surface area contributed by atoms with Crippen molar-refractivity contribution in [2.45, 2.75) is 6.92 Å². The highest BCUT2D eigenvalue weighted by atomic mass is 35.5. The van der Waals surface area contributed by atoms with E-state index in [-0.39, 0.29) is 5.28 Å². The number of nitrogens with zero attached hydrogens (tertiary/aromatic N) is 3. The monoisotopic (exact) mass is 352 g/mol. The first-order chi connectivity index (χ1) is 10.5.